The van der Waals surface area contributed by atoms with Crippen LogP contribution in [0.5, 0.6) is 11.5 Å². The summed E-state index contributed by atoms with van der Waals surface area (Å²) in [5.41, 5.74) is 14.6. The fourth-order valence-electron chi connectivity index (χ4n) is 9.10. The van der Waals surface area contributed by atoms with Gasteiger partial charge in [0.15, 0.2) is 0 Å². The third-order valence-corrected chi connectivity index (χ3v) is 13.3. The summed E-state index contributed by atoms with van der Waals surface area (Å²) >= 11 is 1.87. The summed E-state index contributed by atoms with van der Waals surface area (Å²) < 4.78 is 9.74. The number of anilines is 3. The molecule has 0 saturated heterocycles. The standard InChI is InChI=1S/C58H37NOS/c1-3-13-38(14-4-1)39-25-29-44(30-26-39)59(45-31-27-41(28-32-45)48-21-12-23-51-49-19-9-10-24-56(49)61-58(48)51)46-33-34-55-54(37-46)53-36-43-18-8-7-17-42(43)35-52(53)50-22-11-20-47(57(50)60-55)40-15-5-2-6-16-40/h1-37H. The maximum absolute atomic E-state index is 7.11. The van der Waals surface area contributed by atoms with Crippen LogP contribution in [0.3, 0.4) is 0 Å². The first kappa shape index (κ1) is 35.2. The lowest BCUT2D eigenvalue weighted by Crippen LogP contribution is -2.10. The molecule has 0 aliphatic carbocycles. The van der Waals surface area contributed by atoms with Crippen LogP contribution in [0.25, 0.3) is 86.6 Å². The molecular formula is C58H37NOS. The fraction of sp³-hybridized carbons (Fsp3) is 0. The van der Waals surface area contributed by atoms with Gasteiger partial charge in [-0.3, -0.25) is 0 Å². The van der Waals surface area contributed by atoms with Crippen molar-refractivity contribution in [3.63, 3.8) is 0 Å². The van der Waals surface area contributed by atoms with E-state index >= 15 is 0 Å². The third-order valence-electron chi connectivity index (χ3n) is 12.1. The first-order chi connectivity index (χ1) is 30.2. The second kappa shape index (κ2) is 14.5. The molecule has 0 saturated carbocycles. The van der Waals surface area contributed by atoms with Crippen LogP contribution >= 0.6 is 11.3 Å². The van der Waals surface area contributed by atoms with Gasteiger partial charge in [0, 0.05) is 53.9 Å². The number of rotatable bonds is 6. The molecule has 10 aromatic carbocycles. The number of thiophene rings is 1. The number of hydrogen-bond donors (Lipinski definition) is 0. The van der Waals surface area contributed by atoms with Crippen molar-refractivity contribution < 1.29 is 4.74 Å². The number of benzene rings is 10. The molecule has 1 aromatic heterocycles. The Morgan fingerprint density at radius 3 is 1.59 bits per heavy atom. The van der Waals surface area contributed by atoms with Crippen molar-refractivity contribution in [3.8, 4) is 67.1 Å². The van der Waals surface area contributed by atoms with E-state index in [1.54, 1.807) is 0 Å². The van der Waals surface area contributed by atoms with Gasteiger partial charge < -0.3 is 9.64 Å². The van der Waals surface area contributed by atoms with Crippen LogP contribution in [0.4, 0.5) is 17.1 Å². The van der Waals surface area contributed by atoms with Crippen molar-refractivity contribution in [1.29, 1.82) is 0 Å². The van der Waals surface area contributed by atoms with Crippen molar-refractivity contribution >= 4 is 59.3 Å². The van der Waals surface area contributed by atoms with Gasteiger partial charge in [-0.05, 0) is 110 Å². The third kappa shape index (κ3) is 6.09. The second-order valence-electron chi connectivity index (χ2n) is 15.7. The quantitative estimate of drug-likeness (QED) is 0.166. The van der Waals surface area contributed by atoms with Crippen LogP contribution in [0, 0.1) is 0 Å². The Hall–Kier alpha value is -7.72. The van der Waals surface area contributed by atoms with Gasteiger partial charge in [0.05, 0.1) is 0 Å². The van der Waals surface area contributed by atoms with Crippen molar-refractivity contribution in [2.24, 2.45) is 0 Å². The summed E-state index contributed by atoms with van der Waals surface area (Å²) in [4.78, 5) is 2.37. The highest BCUT2D eigenvalue weighted by molar-refractivity contribution is 7.26. The first-order valence-corrected chi connectivity index (χ1v) is 21.6. The zero-order valence-corrected chi connectivity index (χ0v) is 33.9. The van der Waals surface area contributed by atoms with Crippen LogP contribution in [0.2, 0.25) is 0 Å². The highest BCUT2D eigenvalue weighted by atomic mass is 32.1. The Kier molecular flexibility index (Phi) is 8.39. The normalized spacial score (nSPS) is 11.7. The molecule has 2 heterocycles. The molecule has 0 fully saturated rings. The van der Waals surface area contributed by atoms with Crippen molar-refractivity contribution in [2.45, 2.75) is 0 Å². The molecule has 1 aliphatic rings. The number of hydrogen-bond acceptors (Lipinski definition) is 3. The topological polar surface area (TPSA) is 12.5 Å². The zero-order valence-electron chi connectivity index (χ0n) is 33.1. The number of fused-ring (bicyclic) bond motifs is 9. The molecule has 11 aromatic rings. The maximum Gasteiger partial charge on any atom is 0.143 e. The summed E-state index contributed by atoms with van der Waals surface area (Å²) in [6.07, 6.45) is 0. The Labute approximate surface area is 358 Å². The summed E-state index contributed by atoms with van der Waals surface area (Å²) in [6.45, 7) is 0. The van der Waals surface area contributed by atoms with Crippen molar-refractivity contribution in [3.05, 3.63) is 224 Å². The maximum atomic E-state index is 7.11. The molecule has 0 atom stereocenters. The first-order valence-electron chi connectivity index (χ1n) is 20.7. The van der Waals surface area contributed by atoms with Gasteiger partial charge in [0.1, 0.15) is 11.5 Å². The van der Waals surface area contributed by atoms with Crippen LogP contribution in [0.15, 0.2) is 224 Å². The van der Waals surface area contributed by atoms with Crippen molar-refractivity contribution in [1.82, 2.24) is 0 Å². The van der Waals surface area contributed by atoms with Gasteiger partial charge in [0.25, 0.3) is 0 Å². The Morgan fingerprint density at radius 1 is 0.328 bits per heavy atom. The number of para-hydroxylation sites is 1. The Bertz CT molecular complexity index is 3420. The van der Waals surface area contributed by atoms with E-state index in [9.17, 15) is 0 Å². The van der Waals surface area contributed by atoms with E-state index < -0.39 is 0 Å². The molecular weight excluding hydrogens is 759 g/mol. The predicted octanol–water partition coefficient (Wildman–Crippen LogP) is 17.1. The number of nitrogens with zero attached hydrogens (tertiary/aromatic N) is 1. The lowest BCUT2D eigenvalue weighted by Gasteiger charge is -2.27. The SMILES string of the molecule is c1ccc(-c2ccc(N(c3ccc(-c4cccc5c4sc4ccccc45)cc3)c3ccc4c(c3)-c3cc5ccccc5cc3-c3cccc(-c5ccccc5)c3O4)cc2)cc1. The highest BCUT2D eigenvalue weighted by Crippen LogP contribution is 2.53. The van der Waals surface area contributed by atoms with E-state index in [0.29, 0.717) is 0 Å². The molecule has 0 radical (unpaired) electrons. The van der Waals surface area contributed by atoms with Crippen LogP contribution < -0.4 is 9.64 Å². The molecule has 286 valence electrons. The van der Waals surface area contributed by atoms with E-state index in [0.717, 1.165) is 61.9 Å². The lowest BCUT2D eigenvalue weighted by molar-refractivity contribution is 0.489. The van der Waals surface area contributed by atoms with Gasteiger partial charge in [-0.15, -0.1) is 11.3 Å². The molecule has 0 unspecified atom stereocenters. The van der Waals surface area contributed by atoms with E-state index in [-0.39, 0.29) is 0 Å². The van der Waals surface area contributed by atoms with Crippen LogP contribution in [0.1, 0.15) is 0 Å². The average Bonchev–Trinajstić information content (AvgIpc) is 3.66. The molecule has 61 heavy (non-hydrogen) atoms. The smallest absolute Gasteiger partial charge is 0.143 e. The summed E-state index contributed by atoms with van der Waals surface area (Å²) in [7, 11) is 0. The number of ether oxygens (including phenoxy) is 1. The van der Waals surface area contributed by atoms with Gasteiger partial charge >= 0.3 is 0 Å². The second-order valence-corrected chi connectivity index (χ2v) is 16.7. The molecule has 0 N–H and O–H groups in total. The minimum Gasteiger partial charge on any atom is -0.455 e. The average molecular weight is 796 g/mol. The van der Waals surface area contributed by atoms with Gasteiger partial charge in [-0.1, -0.05) is 164 Å². The largest absolute Gasteiger partial charge is 0.455 e. The molecule has 12 rings (SSSR count). The van der Waals surface area contributed by atoms with Crippen LogP contribution in [-0.2, 0) is 0 Å². The van der Waals surface area contributed by atoms with Crippen molar-refractivity contribution in [2.75, 3.05) is 4.90 Å². The van der Waals surface area contributed by atoms with Gasteiger partial charge in [0.2, 0.25) is 0 Å². The highest BCUT2D eigenvalue weighted by Gasteiger charge is 2.26. The van der Waals surface area contributed by atoms with E-state index in [2.05, 4.69) is 229 Å². The van der Waals surface area contributed by atoms with Crippen LogP contribution in [-0.4, -0.2) is 0 Å². The lowest BCUT2D eigenvalue weighted by atomic mass is 9.90. The summed E-state index contributed by atoms with van der Waals surface area (Å²) in [5.74, 6) is 1.70. The van der Waals surface area contributed by atoms with E-state index in [1.807, 2.05) is 11.3 Å². The fourth-order valence-corrected chi connectivity index (χ4v) is 10.3. The summed E-state index contributed by atoms with van der Waals surface area (Å²) in [6, 6.07) is 81.0. The zero-order chi connectivity index (χ0) is 40.3. The van der Waals surface area contributed by atoms with Gasteiger partial charge in [-0.2, -0.15) is 0 Å². The Morgan fingerprint density at radius 2 is 0.852 bits per heavy atom. The monoisotopic (exact) mass is 795 g/mol. The minimum absolute atomic E-state index is 0.827. The molecule has 0 amide bonds. The Balaban J connectivity index is 1.03. The van der Waals surface area contributed by atoms with E-state index in [4.69, 9.17) is 4.74 Å². The molecule has 2 nitrogen and oxygen atoms in total. The minimum atomic E-state index is 0.827. The predicted molar refractivity (Wildman–Crippen MR) is 259 cm³/mol. The molecule has 3 heteroatoms. The summed E-state index contributed by atoms with van der Waals surface area (Å²) in [5, 5.41) is 5.01. The molecule has 0 bridgehead atoms. The molecule has 0 spiro atoms. The van der Waals surface area contributed by atoms with Gasteiger partial charge in [-0.25, -0.2) is 0 Å². The van der Waals surface area contributed by atoms with E-state index in [1.165, 1.54) is 53.2 Å². The molecule has 1 aliphatic heterocycles.